The Bertz CT molecular complexity index is 704. The predicted octanol–water partition coefficient (Wildman–Crippen LogP) is 3.07. The number of carbonyl (C=O) groups is 1. The summed E-state index contributed by atoms with van der Waals surface area (Å²) in [5, 5.41) is 5.14. The maximum Gasteiger partial charge on any atom is 0.233 e. The summed E-state index contributed by atoms with van der Waals surface area (Å²) in [7, 11) is 0. The van der Waals surface area contributed by atoms with Gasteiger partial charge < -0.3 is 15.8 Å². The zero-order valence-corrected chi connectivity index (χ0v) is 14.6. The molecule has 1 aliphatic heterocycles. The molecule has 8 heteroatoms. The van der Waals surface area contributed by atoms with Crippen LogP contribution in [0.4, 0.5) is 9.52 Å². The van der Waals surface area contributed by atoms with Gasteiger partial charge in [0.15, 0.2) is 5.13 Å². The molecule has 0 unspecified atom stereocenters. The second-order valence-corrected chi connectivity index (χ2v) is 6.46. The molecule has 3 rings (SSSR count). The molecule has 0 spiro atoms. The van der Waals surface area contributed by atoms with Crippen molar-refractivity contribution in [3.8, 4) is 11.3 Å². The number of thiazole rings is 1. The van der Waals surface area contributed by atoms with E-state index in [-0.39, 0.29) is 30.7 Å². The zero-order chi connectivity index (χ0) is 16.3. The van der Waals surface area contributed by atoms with E-state index < -0.39 is 5.41 Å². The van der Waals surface area contributed by atoms with Crippen molar-refractivity contribution in [2.45, 2.75) is 12.8 Å². The third-order valence-corrected chi connectivity index (χ3v) is 4.93. The van der Waals surface area contributed by atoms with Crippen molar-refractivity contribution in [2.24, 2.45) is 11.1 Å². The standard InChI is InChI=1S/C16H18FN3O2S.ClH/c17-12-3-1-2-11(8-12)13-9-23-15(19-13)20-14(21)16(10-18)4-6-22-7-5-16;/h1-3,8-9H,4-7,10,18H2,(H,19,20,21);1H. The van der Waals surface area contributed by atoms with E-state index in [0.717, 1.165) is 0 Å². The molecule has 1 aliphatic rings. The zero-order valence-electron chi connectivity index (χ0n) is 13.0. The van der Waals surface area contributed by atoms with Gasteiger partial charge in [0.25, 0.3) is 0 Å². The predicted molar refractivity (Wildman–Crippen MR) is 94.9 cm³/mol. The van der Waals surface area contributed by atoms with Crippen LogP contribution in [-0.4, -0.2) is 30.6 Å². The van der Waals surface area contributed by atoms with Crippen molar-refractivity contribution in [1.82, 2.24) is 4.98 Å². The number of ether oxygens (including phenoxy) is 1. The first kappa shape index (κ1) is 18.8. The second kappa shape index (κ2) is 8.02. The first-order valence-corrected chi connectivity index (χ1v) is 8.32. The lowest BCUT2D eigenvalue weighted by molar-refractivity contribution is -0.130. The maximum absolute atomic E-state index is 13.3. The van der Waals surface area contributed by atoms with Gasteiger partial charge in [-0.25, -0.2) is 9.37 Å². The first-order valence-electron chi connectivity index (χ1n) is 7.44. The number of rotatable bonds is 4. The van der Waals surface area contributed by atoms with E-state index in [1.807, 2.05) is 0 Å². The van der Waals surface area contributed by atoms with Crippen molar-refractivity contribution in [3.05, 3.63) is 35.5 Å². The third-order valence-electron chi connectivity index (χ3n) is 4.17. The van der Waals surface area contributed by atoms with Gasteiger partial charge in [0.05, 0.1) is 11.1 Å². The highest BCUT2D eigenvalue weighted by Gasteiger charge is 2.39. The quantitative estimate of drug-likeness (QED) is 0.865. The van der Waals surface area contributed by atoms with Gasteiger partial charge in [0.1, 0.15) is 5.82 Å². The molecule has 0 saturated carbocycles. The molecule has 1 aromatic carbocycles. The topological polar surface area (TPSA) is 77.2 Å². The highest BCUT2D eigenvalue weighted by atomic mass is 35.5. The van der Waals surface area contributed by atoms with Gasteiger partial charge in [-0.2, -0.15) is 0 Å². The lowest BCUT2D eigenvalue weighted by Crippen LogP contribution is -2.46. The summed E-state index contributed by atoms with van der Waals surface area (Å²) in [5.74, 6) is -0.436. The molecule has 0 atom stereocenters. The fourth-order valence-corrected chi connectivity index (χ4v) is 3.34. The van der Waals surface area contributed by atoms with Crippen LogP contribution in [0, 0.1) is 11.2 Å². The summed E-state index contributed by atoms with van der Waals surface area (Å²) in [6.07, 6.45) is 1.22. The number of benzene rings is 1. The molecule has 2 heterocycles. The van der Waals surface area contributed by atoms with Gasteiger partial charge in [-0.05, 0) is 25.0 Å². The molecule has 130 valence electrons. The summed E-state index contributed by atoms with van der Waals surface area (Å²) in [4.78, 5) is 17.0. The molecule has 1 aromatic heterocycles. The summed E-state index contributed by atoms with van der Waals surface area (Å²) < 4.78 is 18.6. The van der Waals surface area contributed by atoms with Gasteiger partial charge in [-0.3, -0.25) is 4.79 Å². The molecule has 0 aliphatic carbocycles. The largest absolute Gasteiger partial charge is 0.381 e. The van der Waals surface area contributed by atoms with Crippen LogP contribution in [-0.2, 0) is 9.53 Å². The maximum atomic E-state index is 13.3. The molecule has 0 bridgehead atoms. The van der Waals surface area contributed by atoms with E-state index in [1.54, 1.807) is 17.5 Å². The minimum absolute atomic E-state index is 0. The van der Waals surface area contributed by atoms with Gasteiger partial charge in [-0.15, -0.1) is 23.7 Å². The number of nitrogens with one attached hydrogen (secondary N) is 1. The number of halogens is 2. The fraction of sp³-hybridized carbons (Fsp3) is 0.375. The number of nitrogens with two attached hydrogens (primary N) is 1. The van der Waals surface area contributed by atoms with Crippen LogP contribution in [0.2, 0.25) is 0 Å². The van der Waals surface area contributed by atoms with Gasteiger partial charge in [-0.1, -0.05) is 12.1 Å². The van der Waals surface area contributed by atoms with Crippen LogP contribution in [0.25, 0.3) is 11.3 Å². The fourth-order valence-electron chi connectivity index (χ4n) is 2.63. The molecule has 3 N–H and O–H groups in total. The number of carbonyl (C=O) groups excluding carboxylic acids is 1. The molecule has 1 fully saturated rings. The Balaban J connectivity index is 0.00000208. The van der Waals surface area contributed by atoms with E-state index in [9.17, 15) is 9.18 Å². The van der Waals surface area contributed by atoms with Gasteiger partial charge in [0, 0.05) is 30.7 Å². The Labute approximate surface area is 149 Å². The Morgan fingerprint density at radius 3 is 2.83 bits per heavy atom. The number of hydrogen-bond donors (Lipinski definition) is 2. The monoisotopic (exact) mass is 371 g/mol. The van der Waals surface area contributed by atoms with E-state index in [0.29, 0.717) is 42.4 Å². The second-order valence-electron chi connectivity index (χ2n) is 5.60. The summed E-state index contributed by atoms with van der Waals surface area (Å²) in [6, 6.07) is 6.21. The highest BCUT2D eigenvalue weighted by Crippen LogP contribution is 2.32. The smallest absolute Gasteiger partial charge is 0.233 e. The molecule has 1 amide bonds. The van der Waals surface area contributed by atoms with Crippen molar-refractivity contribution in [3.63, 3.8) is 0 Å². The van der Waals surface area contributed by atoms with Crippen molar-refractivity contribution in [2.75, 3.05) is 25.1 Å². The number of anilines is 1. The first-order chi connectivity index (χ1) is 11.1. The van der Waals surface area contributed by atoms with Crippen molar-refractivity contribution < 1.29 is 13.9 Å². The van der Waals surface area contributed by atoms with Crippen LogP contribution in [0.1, 0.15) is 12.8 Å². The number of hydrogen-bond acceptors (Lipinski definition) is 5. The SMILES string of the molecule is Cl.NCC1(C(=O)Nc2nc(-c3cccc(F)c3)cs2)CCOCC1. The minimum atomic E-state index is -0.594. The lowest BCUT2D eigenvalue weighted by Gasteiger charge is -2.34. The van der Waals surface area contributed by atoms with Gasteiger partial charge in [0.2, 0.25) is 5.91 Å². The Morgan fingerprint density at radius 1 is 1.42 bits per heavy atom. The van der Waals surface area contributed by atoms with Crippen molar-refractivity contribution in [1.29, 1.82) is 0 Å². The van der Waals surface area contributed by atoms with Gasteiger partial charge >= 0.3 is 0 Å². The molecule has 0 radical (unpaired) electrons. The average molecular weight is 372 g/mol. The van der Waals surface area contributed by atoms with E-state index in [4.69, 9.17) is 10.5 Å². The third kappa shape index (κ3) is 3.92. The summed E-state index contributed by atoms with van der Waals surface area (Å²) >= 11 is 1.31. The van der Waals surface area contributed by atoms with E-state index >= 15 is 0 Å². The van der Waals surface area contributed by atoms with Crippen LogP contribution >= 0.6 is 23.7 Å². The van der Waals surface area contributed by atoms with Crippen LogP contribution in [0.15, 0.2) is 29.6 Å². The normalized spacial score (nSPS) is 16.2. The van der Waals surface area contributed by atoms with Crippen LogP contribution in [0.3, 0.4) is 0 Å². The van der Waals surface area contributed by atoms with Crippen LogP contribution in [0.5, 0.6) is 0 Å². The molecule has 5 nitrogen and oxygen atoms in total. The van der Waals surface area contributed by atoms with E-state index in [2.05, 4.69) is 10.3 Å². The van der Waals surface area contributed by atoms with Crippen LogP contribution < -0.4 is 11.1 Å². The van der Waals surface area contributed by atoms with E-state index in [1.165, 1.54) is 23.5 Å². The molecule has 2 aromatic rings. The Hall–Kier alpha value is -1.54. The Morgan fingerprint density at radius 2 is 2.17 bits per heavy atom. The molecular weight excluding hydrogens is 353 g/mol. The summed E-state index contributed by atoms with van der Waals surface area (Å²) in [5.41, 5.74) is 6.56. The molecule has 1 saturated heterocycles. The number of amides is 1. The molecular formula is C16H19ClFN3O2S. The highest BCUT2D eigenvalue weighted by molar-refractivity contribution is 7.14. The lowest BCUT2D eigenvalue weighted by atomic mass is 9.79. The molecule has 24 heavy (non-hydrogen) atoms. The number of aromatic nitrogens is 1. The number of nitrogens with zero attached hydrogens (tertiary/aromatic N) is 1. The Kier molecular flexibility index (Phi) is 6.28. The summed E-state index contributed by atoms with van der Waals surface area (Å²) in [6.45, 7) is 1.36. The average Bonchev–Trinajstić information content (AvgIpc) is 3.04. The van der Waals surface area contributed by atoms with Crippen molar-refractivity contribution >= 4 is 34.8 Å². The minimum Gasteiger partial charge on any atom is -0.381 e.